The molecule has 2 fully saturated rings. The lowest BCUT2D eigenvalue weighted by molar-refractivity contribution is 0.113. The summed E-state index contributed by atoms with van der Waals surface area (Å²) in [5.74, 6) is 0. The minimum absolute atomic E-state index is 0.307. The molecule has 0 aliphatic carbocycles. The maximum atomic E-state index is 11.8. The van der Waals surface area contributed by atoms with Crippen LogP contribution in [0.2, 0.25) is 0 Å². The third kappa shape index (κ3) is 2.33. The van der Waals surface area contributed by atoms with Crippen molar-refractivity contribution in [1.82, 2.24) is 4.90 Å². The largest absolute Gasteiger partial charge is 0.448 e. The molecule has 0 bridgehead atoms. The second-order valence-electron chi connectivity index (χ2n) is 4.51. The monoisotopic (exact) mass is 262 g/mol. The molecule has 19 heavy (non-hydrogen) atoms. The molecule has 6 heteroatoms. The van der Waals surface area contributed by atoms with E-state index >= 15 is 0 Å². The first-order valence-electron chi connectivity index (χ1n) is 6.19. The molecule has 2 aliphatic rings. The van der Waals surface area contributed by atoms with Gasteiger partial charge in [-0.05, 0) is 12.1 Å². The number of ether oxygens (including phenoxy) is 2. The summed E-state index contributed by atoms with van der Waals surface area (Å²) in [6.07, 6.45) is -1.02. The van der Waals surface area contributed by atoms with E-state index in [4.69, 9.17) is 9.47 Å². The highest BCUT2D eigenvalue weighted by molar-refractivity contribution is 5.89. The molecule has 0 radical (unpaired) electrons. The van der Waals surface area contributed by atoms with E-state index < -0.39 is 0 Å². The van der Waals surface area contributed by atoms with Crippen molar-refractivity contribution in [2.45, 2.75) is 6.10 Å². The van der Waals surface area contributed by atoms with Crippen LogP contribution in [-0.4, -0.2) is 49.4 Å². The average Bonchev–Trinajstić information content (AvgIpc) is 2.98. The Morgan fingerprint density at radius 1 is 1.16 bits per heavy atom. The van der Waals surface area contributed by atoms with Crippen LogP contribution >= 0.6 is 0 Å². The van der Waals surface area contributed by atoms with E-state index in [0.29, 0.717) is 26.2 Å². The molecule has 1 aromatic carbocycles. The first-order chi connectivity index (χ1) is 9.24. The Hall–Kier alpha value is -2.24. The van der Waals surface area contributed by atoms with Gasteiger partial charge in [0.15, 0.2) is 0 Å². The van der Waals surface area contributed by atoms with Gasteiger partial charge in [-0.25, -0.2) is 9.59 Å². The number of para-hydroxylation sites is 1. The quantitative estimate of drug-likeness (QED) is 0.827. The molecule has 1 aromatic rings. The van der Waals surface area contributed by atoms with E-state index in [1.165, 1.54) is 0 Å². The van der Waals surface area contributed by atoms with Gasteiger partial charge in [-0.3, -0.25) is 4.90 Å². The fourth-order valence-electron chi connectivity index (χ4n) is 2.27. The number of carbonyl (C=O) groups excluding carboxylic acids is 2. The Labute approximate surface area is 110 Å². The van der Waals surface area contributed by atoms with Crippen molar-refractivity contribution in [1.29, 1.82) is 0 Å². The Morgan fingerprint density at radius 2 is 1.95 bits per heavy atom. The highest BCUT2D eigenvalue weighted by atomic mass is 16.6. The molecule has 6 nitrogen and oxygen atoms in total. The van der Waals surface area contributed by atoms with E-state index in [0.717, 1.165) is 5.69 Å². The Bertz CT molecular complexity index is 491. The number of anilines is 1. The zero-order chi connectivity index (χ0) is 13.2. The third-order valence-electron chi connectivity index (χ3n) is 3.21. The van der Waals surface area contributed by atoms with Gasteiger partial charge in [-0.2, -0.15) is 0 Å². The number of carbonyl (C=O) groups is 2. The number of cyclic esters (lactones) is 2. The SMILES string of the molecule is O=C1OCCN1CC1CN(c2ccccc2)C(=O)O1. The van der Waals surface area contributed by atoms with Crippen LogP contribution in [0.1, 0.15) is 0 Å². The van der Waals surface area contributed by atoms with Crippen LogP contribution in [0.15, 0.2) is 30.3 Å². The maximum Gasteiger partial charge on any atom is 0.414 e. The summed E-state index contributed by atoms with van der Waals surface area (Å²) in [6, 6.07) is 9.34. The van der Waals surface area contributed by atoms with Gasteiger partial charge in [0.25, 0.3) is 0 Å². The van der Waals surface area contributed by atoms with Crippen LogP contribution in [0, 0.1) is 0 Å². The summed E-state index contributed by atoms with van der Waals surface area (Å²) in [4.78, 5) is 26.3. The molecular formula is C13H14N2O4. The molecule has 0 saturated carbocycles. The first kappa shape index (κ1) is 11.8. The Morgan fingerprint density at radius 3 is 2.63 bits per heavy atom. The van der Waals surface area contributed by atoms with Crippen LogP contribution in [0.4, 0.5) is 15.3 Å². The lowest BCUT2D eigenvalue weighted by Gasteiger charge is -2.16. The van der Waals surface area contributed by atoms with Gasteiger partial charge in [-0.15, -0.1) is 0 Å². The van der Waals surface area contributed by atoms with E-state index in [-0.39, 0.29) is 18.3 Å². The summed E-state index contributed by atoms with van der Waals surface area (Å²) in [7, 11) is 0. The predicted octanol–water partition coefficient (Wildman–Crippen LogP) is 1.46. The molecule has 3 rings (SSSR count). The lowest BCUT2D eigenvalue weighted by atomic mass is 10.2. The van der Waals surface area contributed by atoms with Gasteiger partial charge < -0.3 is 14.4 Å². The number of benzene rings is 1. The van der Waals surface area contributed by atoms with E-state index in [2.05, 4.69) is 0 Å². The lowest BCUT2D eigenvalue weighted by Crippen LogP contribution is -2.35. The number of hydrogen-bond acceptors (Lipinski definition) is 4. The molecule has 0 spiro atoms. The van der Waals surface area contributed by atoms with Gasteiger partial charge in [0.1, 0.15) is 12.7 Å². The van der Waals surface area contributed by atoms with Crippen molar-refractivity contribution < 1.29 is 19.1 Å². The van der Waals surface area contributed by atoms with Crippen LogP contribution in [0.25, 0.3) is 0 Å². The molecule has 2 saturated heterocycles. The summed E-state index contributed by atoms with van der Waals surface area (Å²) in [5, 5.41) is 0. The summed E-state index contributed by atoms with van der Waals surface area (Å²) >= 11 is 0. The van der Waals surface area contributed by atoms with E-state index in [1.807, 2.05) is 30.3 Å². The zero-order valence-corrected chi connectivity index (χ0v) is 10.3. The van der Waals surface area contributed by atoms with Crippen LogP contribution in [0.5, 0.6) is 0 Å². The van der Waals surface area contributed by atoms with Crippen molar-refractivity contribution in [3.63, 3.8) is 0 Å². The number of rotatable bonds is 3. The topological polar surface area (TPSA) is 59.1 Å². The fraction of sp³-hybridized carbons (Fsp3) is 0.385. The molecule has 2 amide bonds. The van der Waals surface area contributed by atoms with Crippen molar-refractivity contribution in [3.8, 4) is 0 Å². The second-order valence-corrected chi connectivity index (χ2v) is 4.51. The van der Waals surface area contributed by atoms with Crippen molar-refractivity contribution in [3.05, 3.63) is 30.3 Å². The van der Waals surface area contributed by atoms with Crippen LogP contribution < -0.4 is 4.90 Å². The molecule has 0 N–H and O–H groups in total. The molecular weight excluding hydrogens is 248 g/mol. The normalized spacial score (nSPS) is 22.6. The summed E-state index contributed by atoms with van der Waals surface area (Å²) in [6.45, 7) is 1.79. The van der Waals surface area contributed by atoms with E-state index in [9.17, 15) is 9.59 Å². The Balaban J connectivity index is 1.65. The molecule has 2 aliphatic heterocycles. The van der Waals surface area contributed by atoms with Gasteiger partial charge >= 0.3 is 12.2 Å². The standard InChI is InChI=1S/C13H14N2O4/c16-12-14(6-7-18-12)8-11-9-15(13(17)19-11)10-4-2-1-3-5-10/h1-5,11H,6-9H2. The average molecular weight is 262 g/mol. The van der Waals surface area contributed by atoms with Crippen molar-refractivity contribution >= 4 is 17.9 Å². The van der Waals surface area contributed by atoms with Crippen molar-refractivity contribution in [2.75, 3.05) is 31.1 Å². The predicted molar refractivity (Wildman–Crippen MR) is 67.0 cm³/mol. The van der Waals surface area contributed by atoms with Crippen LogP contribution in [-0.2, 0) is 9.47 Å². The summed E-state index contributed by atoms with van der Waals surface area (Å²) < 4.78 is 10.1. The van der Waals surface area contributed by atoms with Gasteiger partial charge in [0.05, 0.1) is 19.6 Å². The smallest absolute Gasteiger partial charge is 0.414 e. The molecule has 100 valence electrons. The van der Waals surface area contributed by atoms with Crippen LogP contribution in [0.3, 0.4) is 0 Å². The van der Waals surface area contributed by atoms with Crippen molar-refractivity contribution in [2.24, 2.45) is 0 Å². The number of nitrogens with zero attached hydrogens (tertiary/aromatic N) is 2. The van der Waals surface area contributed by atoms with Gasteiger partial charge in [0, 0.05) is 5.69 Å². The molecule has 0 aromatic heterocycles. The minimum atomic E-state index is -0.372. The molecule has 1 atom stereocenters. The van der Waals surface area contributed by atoms with E-state index in [1.54, 1.807) is 9.80 Å². The van der Waals surface area contributed by atoms with Gasteiger partial charge in [-0.1, -0.05) is 18.2 Å². The minimum Gasteiger partial charge on any atom is -0.448 e. The highest BCUT2D eigenvalue weighted by Gasteiger charge is 2.35. The fourth-order valence-corrected chi connectivity index (χ4v) is 2.27. The Kier molecular flexibility index (Phi) is 2.98. The second kappa shape index (κ2) is 4.79. The molecule has 1 unspecified atom stereocenters. The third-order valence-corrected chi connectivity index (χ3v) is 3.21. The highest BCUT2D eigenvalue weighted by Crippen LogP contribution is 2.22. The number of hydrogen-bond donors (Lipinski definition) is 0. The number of amides is 2. The maximum absolute atomic E-state index is 11.8. The molecule has 2 heterocycles. The summed E-state index contributed by atoms with van der Waals surface area (Å²) in [5.41, 5.74) is 0.805. The zero-order valence-electron chi connectivity index (χ0n) is 10.3. The van der Waals surface area contributed by atoms with Gasteiger partial charge in [0.2, 0.25) is 0 Å². The first-order valence-corrected chi connectivity index (χ1v) is 6.19.